The molecule has 0 amide bonds. The van der Waals surface area contributed by atoms with Crippen molar-refractivity contribution in [2.75, 3.05) is 26.7 Å². The van der Waals surface area contributed by atoms with Crippen LogP contribution in [0, 0.1) is 0 Å². The van der Waals surface area contributed by atoms with Crippen LogP contribution in [0.2, 0.25) is 0 Å². The Hall–Kier alpha value is -0.700. The van der Waals surface area contributed by atoms with Gasteiger partial charge in [0, 0.05) is 19.6 Å². The summed E-state index contributed by atoms with van der Waals surface area (Å²) in [6.45, 7) is 0.215. The van der Waals surface area contributed by atoms with Crippen LogP contribution >= 0.6 is 0 Å². The van der Waals surface area contributed by atoms with Crippen molar-refractivity contribution in [2.24, 2.45) is 0 Å². The largest absolute Gasteiger partial charge is 0.479 e. The number of hydrogen-bond donors (Lipinski definition) is 1. The molecular formula is C12H22N2O5S. The fraction of sp³-hybridized carbons (Fsp3) is 0.917. The highest BCUT2D eigenvalue weighted by molar-refractivity contribution is 7.86. The van der Waals surface area contributed by atoms with Crippen LogP contribution in [0.3, 0.4) is 0 Å². The Bertz CT molecular complexity index is 447. The zero-order valence-electron chi connectivity index (χ0n) is 11.7. The van der Waals surface area contributed by atoms with Crippen LogP contribution in [0.5, 0.6) is 0 Å². The predicted octanol–water partition coefficient (Wildman–Crippen LogP) is 0.281. The van der Waals surface area contributed by atoms with Crippen molar-refractivity contribution in [3.8, 4) is 0 Å². The Kier molecular flexibility index (Phi) is 5.00. The van der Waals surface area contributed by atoms with Crippen LogP contribution in [0.1, 0.15) is 32.1 Å². The standard InChI is InChI=1S/C12H22N2O5S/c1-13(10-5-3-2-4-6-10)20(17,18)14-7-8-19-11(9-14)12(15)16/h10-11H,2-9H2,1H3,(H,15,16). The first-order chi connectivity index (χ1) is 9.43. The lowest BCUT2D eigenvalue weighted by molar-refractivity contribution is -0.153. The van der Waals surface area contributed by atoms with Gasteiger partial charge >= 0.3 is 5.97 Å². The maximum atomic E-state index is 12.6. The van der Waals surface area contributed by atoms with Gasteiger partial charge in [-0.3, -0.25) is 0 Å². The number of ether oxygens (including phenoxy) is 1. The summed E-state index contributed by atoms with van der Waals surface area (Å²) in [5.74, 6) is -1.12. The predicted molar refractivity (Wildman–Crippen MR) is 72.5 cm³/mol. The number of carboxylic acids is 1. The molecule has 0 aromatic rings. The highest BCUT2D eigenvalue weighted by Gasteiger charge is 2.37. The lowest BCUT2D eigenvalue weighted by atomic mass is 9.96. The van der Waals surface area contributed by atoms with E-state index < -0.39 is 22.3 Å². The van der Waals surface area contributed by atoms with Crippen molar-refractivity contribution in [1.29, 1.82) is 0 Å². The molecule has 2 rings (SSSR count). The summed E-state index contributed by atoms with van der Waals surface area (Å²) in [6.07, 6.45) is 3.93. The average molecular weight is 306 g/mol. The third-order valence-electron chi connectivity index (χ3n) is 4.08. The van der Waals surface area contributed by atoms with E-state index in [1.54, 1.807) is 7.05 Å². The molecule has 1 saturated heterocycles. The van der Waals surface area contributed by atoms with Gasteiger partial charge in [0.1, 0.15) is 0 Å². The number of carbonyl (C=O) groups is 1. The van der Waals surface area contributed by atoms with E-state index in [2.05, 4.69) is 0 Å². The van der Waals surface area contributed by atoms with E-state index in [0.29, 0.717) is 0 Å². The third-order valence-corrected chi connectivity index (χ3v) is 6.09. The van der Waals surface area contributed by atoms with Gasteiger partial charge in [-0.2, -0.15) is 17.0 Å². The van der Waals surface area contributed by atoms with E-state index in [-0.39, 0.29) is 25.7 Å². The molecule has 1 atom stereocenters. The Morgan fingerprint density at radius 1 is 1.30 bits per heavy atom. The first-order valence-corrected chi connectivity index (χ1v) is 8.40. The third kappa shape index (κ3) is 3.30. The van der Waals surface area contributed by atoms with Crippen LogP contribution in [0.25, 0.3) is 0 Å². The second kappa shape index (κ2) is 6.38. The second-order valence-electron chi connectivity index (χ2n) is 5.37. The van der Waals surface area contributed by atoms with Crippen molar-refractivity contribution in [3.63, 3.8) is 0 Å². The van der Waals surface area contributed by atoms with E-state index in [9.17, 15) is 13.2 Å². The summed E-state index contributed by atoms with van der Waals surface area (Å²) in [6, 6.07) is 0.0277. The molecule has 116 valence electrons. The summed E-state index contributed by atoms with van der Waals surface area (Å²) in [7, 11) is -2.01. The van der Waals surface area contributed by atoms with Crippen molar-refractivity contribution in [1.82, 2.24) is 8.61 Å². The van der Waals surface area contributed by atoms with Crippen LogP contribution in [-0.2, 0) is 19.7 Å². The molecule has 0 bridgehead atoms. The number of carboxylic acid groups (broad SMARTS) is 1. The Morgan fingerprint density at radius 2 is 1.95 bits per heavy atom. The van der Waals surface area contributed by atoms with Gasteiger partial charge in [-0.15, -0.1) is 0 Å². The molecule has 1 heterocycles. The van der Waals surface area contributed by atoms with Gasteiger partial charge in [-0.05, 0) is 12.8 Å². The normalized spacial score (nSPS) is 26.8. The summed E-state index contributed by atoms with van der Waals surface area (Å²) in [5.41, 5.74) is 0. The van der Waals surface area contributed by atoms with Gasteiger partial charge in [0.15, 0.2) is 6.10 Å². The van der Waals surface area contributed by atoms with E-state index in [1.165, 1.54) is 8.61 Å². The number of aliphatic carboxylic acids is 1. The molecule has 1 saturated carbocycles. The molecule has 1 N–H and O–H groups in total. The maximum Gasteiger partial charge on any atom is 0.334 e. The minimum atomic E-state index is -3.60. The molecule has 0 aromatic carbocycles. The van der Waals surface area contributed by atoms with Gasteiger partial charge < -0.3 is 9.84 Å². The Labute approximate surface area is 119 Å². The lowest BCUT2D eigenvalue weighted by Crippen LogP contribution is -2.54. The van der Waals surface area contributed by atoms with Crippen molar-refractivity contribution >= 4 is 16.2 Å². The number of rotatable bonds is 4. The monoisotopic (exact) mass is 306 g/mol. The molecule has 7 nitrogen and oxygen atoms in total. The summed E-state index contributed by atoms with van der Waals surface area (Å²) in [4.78, 5) is 10.9. The minimum absolute atomic E-state index is 0.0277. The van der Waals surface area contributed by atoms with E-state index >= 15 is 0 Å². The lowest BCUT2D eigenvalue weighted by Gasteiger charge is -2.37. The van der Waals surface area contributed by atoms with Gasteiger partial charge in [-0.25, -0.2) is 4.79 Å². The smallest absolute Gasteiger partial charge is 0.334 e. The van der Waals surface area contributed by atoms with Crippen LogP contribution < -0.4 is 0 Å². The van der Waals surface area contributed by atoms with E-state index in [1.807, 2.05) is 0 Å². The van der Waals surface area contributed by atoms with Crippen LogP contribution in [0.4, 0.5) is 0 Å². The minimum Gasteiger partial charge on any atom is -0.479 e. The highest BCUT2D eigenvalue weighted by atomic mass is 32.2. The van der Waals surface area contributed by atoms with Crippen molar-refractivity contribution in [3.05, 3.63) is 0 Å². The highest BCUT2D eigenvalue weighted by Crippen LogP contribution is 2.25. The van der Waals surface area contributed by atoms with E-state index in [0.717, 1.165) is 32.1 Å². The van der Waals surface area contributed by atoms with Gasteiger partial charge in [-0.1, -0.05) is 19.3 Å². The molecule has 8 heteroatoms. The molecule has 2 fully saturated rings. The zero-order chi connectivity index (χ0) is 14.8. The van der Waals surface area contributed by atoms with Gasteiger partial charge in [0.25, 0.3) is 10.2 Å². The molecular weight excluding hydrogens is 284 g/mol. The summed E-state index contributed by atoms with van der Waals surface area (Å²) < 4.78 is 32.8. The summed E-state index contributed by atoms with van der Waals surface area (Å²) >= 11 is 0. The number of morpholine rings is 1. The van der Waals surface area contributed by atoms with Gasteiger partial charge in [0.05, 0.1) is 13.2 Å². The fourth-order valence-corrected chi connectivity index (χ4v) is 4.38. The van der Waals surface area contributed by atoms with Crippen LogP contribution in [0.15, 0.2) is 0 Å². The molecule has 1 unspecified atom stereocenters. The van der Waals surface area contributed by atoms with E-state index in [4.69, 9.17) is 9.84 Å². The molecule has 2 aliphatic rings. The van der Waals surface area contributed by atoms with Gasteiger partial charge in [0.2, 0.25) is 0 Å². The fourth-order valence-electron chi connectivity index (χ4n) is 2.80. The quantitative estimate of drug-likeness (QED) is 0.806. The average Bonchev–Trinajstić information content (AvgIpc) is 2.47. The molecule has 20 heavy (non-hydrogen) atoms. The first kappa shape index (κ1) is 15.7. The topological polar surface area (TPSA) is 87.2 Å². The number of nitrogens with zero attached hydrogens (tertiary/aromatic N) is 2. The second-order valence-corrected chi connectivity index (χ2v) is 7.36. The van der Waals surface area contributed by atoms with Crippen molar-refractivity contribution in [2.45, 2.75) is 44.2 Å². The zero-order valence-corrected chi connectivity index (χ0v) is 12.5. The SMILES string of the molecule is CN(C1CCCCC1)S(=O)(=O)N1CCOC(C(=O)O)C1. The molecule has 0 aromatic heterocycles. The van der Waals surface area contributed by atoms with Crippen LogP contribution in [-0.4, -0.2) is 67.0 Å². The maximum absolute atomic E-state index is 12.6. The molecule has 0 radical (unpaired) electrons. The molecule has 1 aliphatic heterocycles. The Morgan fingerprint density at radius 3 is 2.55 bits per heavy atom. The molecule has 0 spiro atoms. The first-order valence-electron chi connectivity index (χ1n) is 7.00. The van der Waals surface area contributed by atoms with Crippen molar-refractivity contribution < 1.29 is 23.1 Å². The summed E-state index contributed by atoms with van der Waals surface area (Å²) in [5, 5.41) is 8.95. The molecule has 1 aliphatic carbocycles. The number of hydrogen-bond acceptors (Lipinski definition) is 4. The Balaban J connectivity index is 2.06.